The summed E-state index contributed by atoms with van der Waals surface area (Å²) in [4.78, 5) is 32.6. The molecule has 0 radical (unpaired) electrons. The second-order valence-electron chi connectivity index (χ2n) is 11.7. The SMILES string of the molecule is CC1CC(F)(F)CN1C=O.Cc1nc(C(=O)NCC(C)(C)O)sc1-c1cnc(NC(C)(C)C2CC2)cc1C(F)F. The number of carbonyl (C=O) groups is 2. The highest BCUT2D eigenvalue weighted by Gasteiger charge is 2.42. The third kappa shape index (κ3) is 8.35. The molecular formula is C27H37F4N5O3S. The van der Waals surface area contributed by atoms with Crippen LogP contribution in [0.25, 0.3) is 10.4 Å². The number of halogens is 4. The average molecular weight is 588 g/mol. The standard InChI is InChI=1S/C21H28F2N4O2S.C6H9F2NO/c1-11-16(30-19(26-11)18(28)25-10-20(2,3)29)14-9-24-15(8-13(14)17(22)23)27-21(4,5)12-6-7-12;1-5-2-6(7,8)3-9(5)4-10/h8-9,12,17,29H,6-7,10H2,1-5H3,(H,24,27)(H,25,28);4-5H,2-3H2,1H3. The van der Waals surface area contributed by atoms with E-state index in [4.69, 9.17) is 0 Å². The van der Waals surface area contributed by atoms with Crippen LogP contribution in [0, 0.1) is 12.8 Å². The number of nitrogens with one attached hydrogen (secondary N) is 2. The van der Waals surface area contributed by atoms with Crippen molar-refractivity contribution in [2.24, 2.45) is 5.92 Å². The fourth-order valence-corrected chi connectivity index (χ4v) is 5.46. The van der Waals surface area contributed by atoms with Crippen molar-refractivity contribution >= 4 is 29.5 Å². The number of carbonyl (C=O) groups excluding carboxylic acids is 2. The number of hydrogen-bond acceptors (Lipinski definition) is 7. The number of aliphatic hydroxyl groups is 1. The van der Waals surface area contributed by atoms with E-state index in [1.807, 2.05) is 13.8 Å². The summed E-state index contributed by atoms with van der Waals surface area (Å²) in [7, 11) is 0. The number of likely N-dealkylation sites (tertiary alicyclic amines) is 1. The summed E-state index contributed by atoms with van der Waals surface area (Å²) in [5.74, 6) is -2.19. The first-order valence-electron chi connectivity index (χ1n) is 13.1. The third-order valence-corrected chi connectivity index (χ3v) is 8.04. The molecule has 0 spiro atoms. The van der Waals surface area contributed by atoms with Gasteiger partial charge >= 0.3 is 0 Å². The van der Waals surface area contributed by atoms with Crippen molar-refractivity contribution < 1.29 is 32.3 Å². The number of nitrogens with zero attached hydrogens (tertiary/aromatic N) is 3. The fourth-order valence-electron chi connectivity index (χ4n) is 4.44. The minimum atomic E-state index is -2.69. The largest absolute Gasteiger partial charge is 0.389 e. The number of rotatable bonds is 9. The van der Waals surface area contributed by atoms with E-state index in [-0.39, 0.29) is 40.7 Å². The van der Waals surface area contributed by atoms with Crippen LogP contribution in [0.1, 0.15) is 81.4 Å². The second-order valence-corrected chi connectivity index (χ2v) is 12.7. The van der Waals surface area contributed by atoms with E-state index in [1.165, 1.54) is 12.3 Å². The van der Waals surface area contributed by atoms with Gasteiger partial charge in [-0.15, -0.1) is 11.3 Å². The Bertz CT molecular complexity index is 1210. The molecule has 2 aromatic heterocycles. The maximum Gasteiger partial charge on any atom is 0.280 e. The zero-order chi connectivity index (χ0) is 30.0. The molecule has 40 heavy (non-hydrogen) atoms. The van der Waals surface area contributed by atoms with Gasteiger partial charge in [0.15, 0.2) is 5.01 Å². The Balaban J connectivity index is 0.000000371. The zero-order valence-electron chi connectivity index (χ0n) is 23.5. The normalized spacial score (nSPS) is 18.8. The molecule has 3 N–H and O–H groups in total. The van der Waals surface area contributed by atoms with Crippen LogP contribution in [-0.2, 0) is 4.79 Å². The Morgan fingerprint density at radius 3 is 2.42 bits per heavy atom. The van der Waals surface area contributed by atoms with Crippen LogP contribution >= 0.6 is 11.3 Å². The van der Waals surface area contributed by atoms with Gasteiger partial charge in [-0.2, -0.15) is 0 Å². The number of amides is 2. The molecule has 8 nitrogen and oxygen atoms in total. The van der Waals surface area contributed by atoms with Gasteiger partial charge in [0.05, 0.1) is 22.7 Å². The Hall–Kier alpha value is -2.80. The number of anilines is 1. The summed E-state index contributed by atoms with van der Waals surface area (Å²) >= 11 is 1.04. The molecule has 2 fully saturated rings. The lowest BCUT2D eigenvalue weighted by Gasteiger charge is -2.27. The molecule has 0 aromatic carbocycles. The molecule has 1 saturated heterocycles. The molecule has 1 atom stereocenters. The van der Waals surface area contributed by atoms with Gasteiger partial charge < -0.3 is 20.6 Å². The van der Waals surface area contributed by atoms with Gasteiger partial charge in [0.25, 0.3) is 18.3 Å². The van der Waals surface area contributed by atoms with Crippen molar-refractivity contribution in [3.8, 4) is 10.4 Å². The van der Waals surface area contributed by atoms with E-state index < -0.39 is 30.4 Å². The van der Waals surface area contributed by atoms with Crippen LogP contribution in [-0.4, -0.2) is 68.5 Å². The first kappa shape index (κ1) is 31.7. The molecule has 0 bridgehead atoms. The van der Waals surface area contributed by atoms with Gasteiger partial charge in [0.1, 0.15) is 5.82 Å². The molecule has 2 aliphatic rings. The zero-order valence-corrected chi connectivity index (χ0v) is 24.3. The van der Waals surface area contributed by atoms with Gasteiger partial charge in [-0.05, 0) is 66.4 Å². The molecule has 1 saturated carbocycles. The van der Waals surface area contributed by atoms with Crippen molar-refractivity contribution in [3.05, 3.63) is 28.5 Å². The quantitative estimate of drug-likeness (QED) is 0.267. The minimum Gasteiger partial charge on any atom is -0.389 e. The molecule has 2 aromatic rings. The predicted molar refractivity (Wildman–Crippen MR) is 146 cm³/mol. The number of aryl methyl sites for hydroxylation is 1. The van der Waals surface area contributed by atoms with Crippen LogP contribution in [0.4, 0.5) is 23.4 Å². The molecule has 1 aliphatic heterocycles. The number of alkyl halides is 4. The van der Waals surface area contributed by atoms with Crippen molar-refractivity contribution in [2.75, 3.05) is 18.4 Å². The maximum absolute atomic E-state index is 13.9. The van der Waals surface area contributed by atoms with Crippen molar-refractivity contribution in [1.82, 2.24) is 20.2 Å². The van der Waals surface area contributed by atoms with Gasteiger partial charge in [-0.25, -0.2) is 27.5 Å². The average Bonchev–Trinajstić information content (AvgIpc) is 3.58. The highest BCUT2D eigenvalue weighted by molar-refractivity contribution is 7.17. The lowest BCUT2D eigenvalue weighted by molar-refractivity contribution is -0.119. The van der Waals surface area contributed by atoms with Gasteiger partial charge in [-0.3, -0.25) is 9.59 Å². The van der Waals surface area contributed by atoms with E-state index in [1.54, 1.807) is 27.7 Å². The van der Waals surface area contributed by atoms with E-state index in [0.717, 1.165) is 29.1 Å². The Kier molecular flexibility index (Phi) is 9.50. The molecule has 3 heterocycles. The number of pyridine rings is 1. The van der Waals surface area contributed by atoms with Crippen LogP contribution < -0.4 is 10.6 Å². The van der Waals surface area contributed by atoms with E-state index in [2.05, 4.69) is 20.6 Å². The minimum absolute atomic E-state index is 0.0563. The lowest BCUT2D eigenvalue weighted by atomic mass is 9.98. The molecule has 2 amide bonds. The summed E-state index contributed by atoms with van der Waals surface area (Å²) in [5.41, 5.74) is -0.656. The molecular weight excluding hydrogens is 550 g/mol. The second kappa shape index (κ2) is 12.0. The third-order valence-electron chi connectivity index (χ3n) is 6.85. The summed E-state index contributed by atoms with van der Waals surface area (Å²) in [6.45, 7) is 10.2. The Labute approximate surface area is 235 Å². The van der Waals surface area contributed by atoms with E-state index in [9.17, 15) is 32.3 Å². The van der Waals surface area contributed by atoms with Crippen LogP contribution in [0.2, 0.25) is 0 Å². The first-order chi connectivity index (χ1) is 18.4. The van der Waals surface area contributed by atoms with Crippen molar-refractivity contribution in [2.45, 2.75) is 90.3 Å². The smallest absolute Gasteiger partial charge is 0.280 e. The summed E-state index contributed by atoms with van der Waals surface area (Å²) in [5, 5.41) is 15.8. The fraction of sp³-hybridized carbons (Fsp3) is 0.630. The van der Waals surface area contributed by atoms with E-state index in [0.29, 0.717) is 28.7 Å². The van der Waals surface area contributed by atoms with Crippen molar-refractivity contribution in [3.63, 3.8) is 0 Å². The number of aromatic nitrogens is 2. The maximum atomic E-state index is 13.9. The molecule has 1 unspecified atom stereocenters. The van der Waals surface area contributed by atoms with Crippen LogP contribution in [0.15, 0.2) is 12.3 Å². The van der Waals surface area contributed by atoms with E-state index >= 15 is 0 Å². The molecule has 13 heteroatoms. The summed E-state index contributed by atoms with van der Waals surface area (Å²) in [6.07, 6.45) is 1.25. The van der Waals surface area contributed by atoms with Gasteiger partial charge in [0, 0.05) is 41.9 Å². The number of hydrogen-bond donors (Lipinski definition) is 3. The van der Waals surface area contributed by atoms with Gasteiger partial charge in [0.2, 0.25) is 6.41 Å². The Morgan fingerprint density at radius 2 is 1.95 bits per heavy atom. The lowest BCUT2D eigenvalue weighted by Crippen LogP contribution is -2.38. The monoisotopic (exact) mass is 587 g/mol. The van der Waals surface area contributed by atoms with Crippen LogP contribution in [0.5, 0.6) is 0 Å². The van der Waals surface area contributed by atoms with Gasteiger partial charge in [-0.1, -0.05) is 0 Å². The highest BCUT2D eigenvalue weighted by Crippen LogP contribution is 2.42. The predicted octanol–water partition coefficient (Wildman–Crippen LogP) is 5.42. The molecule has 1 aliphatic carbocycles. The van der Waals surface area contributed by atoms with Crippen molar-refractivity contribution in [1.29, 1.82) is 0 Å². The first-order valence-corrected chi connectivity index (χ1v) is 13.9. The molecule has 4 rings (SSSR count). The highest BCUT2D eigenvalue weighted by atomic mass is 32.1. The number of thiazole rings is 1. The Morgan fingerprint density at radius 1 is 1.30 bits per heavy atom. The molecule has 222 valence electrons. The summed E-state index contributed by atoms with van der Waals surface area (Å²) < 4.78 is 52.6. The van der Waals surface area contributed by atoms with Crippen LogP contribution in [0.3, 0.4) is 0 Å². The topological polar surface area (TPSA) is 107 Å². The summed E-state index contributed by atoms with van der Waals surface area (Å²) in [6, 6.07) is 1.07.